The van der Waals surface area contributed by atoms with Crippen LogP contribution >= 0.6 is 11.3 Å². The average Bonchev–Trinajstić information content (AvgIpc) is 3.29. The molecule has 2 fully saturated rings. The number of fused-ring (bicyclic) bond motifs is 1. The van der Waals surface area contributed by atoms with Gasteiger partial charge in [-0.1, -0.05) is 26.8 Å². The number of alkyl carbamates (subject to hydrolysis) is 1. The third-order valence-corrected chi connectivity index (χ3v) is 8.77. The Bertz CT molecular complexity index is 772. The minimum atomic E-state index is -0.623. The van der Waals surface area contributed by atoms with Gasteiger partial charge in [0.05, 0.1) is 19.3 Å². The molecule has 4 N–H and O–H groups in total. The maximum absolute atomic E-state index is 12.8. The monoisotopic (exact) mass is 466 g/mol. The summed E-state index contributed by atoms with van der Waals surface area (Å²) in [5.41, 5.74) is -0.947. The molecule has 2 amide bonds. The molecule has 0 bridgehead atoms. The Morgan fingerprint density at radius 3 is 2.69 bits per heavy atom. The van der Waals surface area contributed by atoms with Crippen LogP contribution in [0.25, 0.3) is 0 Å². The first-order valence-corrected chi connectivity index (χ1v) is 12.6. The molecule has 0 spiro atoms. The summed E-state index contributed by atoms with van der Waals surface area (Å²) in [6, 6.07) is 3.95. The normalized spacial score (nSPS) is 34.4. The maximum Gasteiger partial charge on any atom is 0.407 e. The van der Waals surface area contributed by atoms with Crippen LogP contribution in [0, 0.1) is 22.7 Å². The topological polar surface area (TPSA) is 108 Å². The molecule has 0 aromatic carbocycles. The summed E-state index contributed by atoms with van der Waals surface area (Å²) in [4.78, 5) is 26.1. The zero-order chi connectivity index (χ0) is 23.4. The van der Waals surface area contributed by atoms with E-state index in [4.69, 9.17) is 4.74 Å². The van der Waals surface area contributed by atoms with Crippen molar-refractivity contribution in [3.63, 3.8) is 0 Å². The summed E-state index contributed by atoms with van der Waals surface area (Å²) in [6.07, 6.45) is 2.33. The third kappa shape index (κ3) is 5.13. The first kappa shape index (κ1) is 25.0. The van der Waals surface area contributed by atoms with Crippen molar-refractivity contribution in [1.29, 1.82) is 0 Å². The molecule has 8 heteroatoms. The van der Waals surface area contributed by atoms with Crippen LogP contribution in [0.3, 0.4) is 0 Å². The molecular weight excluding hydrogens is 428 g/mol. The fourth-order valence-corrected chi connectivity index (χ4v) is 6.69. The summed E-state index contributed by atoms with van der Waals surface area (Å²) in [5.74, 6) is -0.228. The van der Waals surface area contributed by atoms with Crippen LogP contribution < -0.4 is 10.6 Å². The molecule has 0 aliphatic heterocycles. The third-order valence-electron chi connectivity index (χ3n) is 7.89. The number of carbonyl (C=O) groups excluding carboxylic acids is 2. The standard InChI is InChI=1S/C24H38N2O5S/c1-4-11-25-22(30)31-20-9-10-23(2)17(13-21(29)26-14-16-6-5-12-32-16)18(28)7-8-19(23)24(20,3)15-27/h5-6,12,17-20,27-28H,4,7-11,13-15H2,1-3H3,(H,25,30)(H,26,29)/t17-,18-,19?,20-,23+,24+/m1/s1. The first-order valence-electron chi connectivity index (χ1n) is 11.8. The molecule has 1 aromatic heterocycles. The van der Waals surface area contributed by atoms with Crippen LogP contribution in [0.2, 0.25) is 0 Å². The Morgan fingerprint density at radius 2 is 2.03 bits per heavy atom. The summed E-state index contributed by atoms with van der Waals surface area (Å²) in [7, 11) is 0. The fraction of sp³-hybridized carbons (Fsp3) is 0.750. The second-order valence-electron chi connectivity index (χ2n) is 9.89. The largest absolute Gasteiger partial charge is 0.446 e. The van der Waals surface area contributed by atoms with Crippen LogP contribution in [-0.4, -0.2) is 47.6 Å². The SMILES string of the molecule is CCCNC(=O)O[C@@H]1CC[C@]2(C)C(CC[C@@H](O)[C@H]2CC(=O)NCc2cccs2)[C@]1(C)CO. The second kappa shape index (κ2) is 10.5. The number of aliphatic hydroxyl groups excluding tert-OH is 2. The predicted octanol–water partition coefficient (Wildman–Crippen LogP) is 3.45. The molecule has 1 aromatic rings. The highest BCUT2D eigenvalue weighted by atomic mass is 32.1. The molecule has 32 heavy (non-hydrogen) atoms. The van der Waals surface area contributed by atoms with Gasteiger partial charge < -0.3 is 25.6 Å². The lowest BCUT2D eigenvalue weighted by molar-refractivity contribution is -0.186. The number of amides is 2. The lowest BCUT2D eigenvalue weighted by Gasteiger charge is -2.60. The molecule has 0 saturated heterocycles. The molecule has 1 heterocycles. The maximum atomic E-state index is 12.8. The molecule has 2 aliphatic rings. The van der Waals surface area contributed by atoms with E-state index in [1.807, 2.05) is 31.4 Å². The molecule has 0 radical (unpaired) electrons. The van der Waals surface area contributed by atoms with Crippen molar-refractivity contribution < 1.29 is 24.5 Å². The summed E-state index contributed by atoms with van der Waals surface area (Å²) in [5, 5.41) is 29.1. The zero-order valence-electron chi connectivity index (χ0n) is 19.4. The highest BCUT2D eigenvalue weighted by Gasteiger charge is 2.60. The number of carbonyl (C=O) groups is 2. The molecule has 3 rings (SSSR count). The Balaban J connectivity index is 1.72. The van der Waals surface area contributed by atoms with Crippen molar-refractivity contribution in [2.24, 2.45) is 22.7 Å². The number of rotatable bonds is 8. The van der Waals surface area contributed by atoms with Gasteiger partial charge in [-0.05, 0) is 60.8 Å². The van der Waals surface area contributed by atoms with Crippen LogP contribution in [0.4, 0.5) is 4.79 Å². The van der Waals surface area contributed by atoms with Gasteiger partial charge >= 0.3 is 6.09 Å². The minimum Gasteiger partial charge on any atom is -0.446 e. The van der Waals surface area contributed by atoms with Crippen LogP contribution in [-0.2, 0) is 16.1 Å². The van der Waals surface area contributed by atoms with E-state index in [1.165, 1.54) is 0 Å². The Hall–Kier alpha value is -1.64. The Labute approximate surface area is 194 Å². The van der Waals surface area contributed by atoms with Crippen molar-refractivity contribution in [3.8, 4) is 0 Å². The van der Waals surface area contributed by atoms with E-state index in [1.54, 1.807) is 11.3 Å². The van der Waals surface area contributed by atoms with Gasteiger partial charge in [0.2, 0.25) is 5.91 Å². The minimum absolute atomic E-state index is 0.0382. The van der Waals surface area contributed by atoms with Gasteiger partial charge in [-0.25, -0.2) is 4.79 Å². The van der Waals surface area contributed by atoms with Crippen molar-refractivity contribution in [2.45, 2.75) is 78.0 Å². The number of hydrogen-bond donors (Lipinski definition) is 4. The van der Waals surface area contributed by atoms with E-state index in [0.29, 0.717) is 25.9 Å². The van der Waals surface area contributed by atoms with Gasteiger partial charge in [0.15, 0.2) is 0 Å². The Morgan fingerprint density at radius 1 is 1.25 bits per heavy atom. The molecule has 6 atom stereocenters. The molecule has 1 unspecified atom stereocenters. The van der Waals surface area contributed by atoms with Crippen LogP contribution in [0.15, 0.2) is 17.5 Å². The van der Waals surface area contributed by atoms with Crippen molar-refractivity contribution in [3.05, 3.63) is 22.4 Å². The summed E-state index contributed by atoms with van der Waals surface area (Å²) < 4.78 is 5.77. The second-order valence-corrected chi connectivity index (χ2v) is 10.9. The molecule has 180 valence electrons. The molecular formula is C24H38N2O5S. The van der Waals surface area contributed by atoms with Gasteiger partial charge in [0, 0.05) is 23.3 Å². The predicted molar refractivity (Wildman–Crippen MR) is 124 cm³/mol. The number of thiophene rings is 1. The summed E-state index contributed by atoms with van der Waals surface area (Å²) in [6.45, 7) is 7.05. The van der Waals surface area contributed by atoms with Crippen molar-refractivity contribution in [2.75, 3.05) is 13.2 Å². The highest BCUT2D eigenvalue weighted by Crippen LogP contribution is 2.61. The number of ether oxygens (including phenoxy) is 1. The van der Waals surface area contributed by atoms with E-state index >= 15 is 0 Å². The highest BCUT2D eigenvalue weighted by molar-refractivity contribution is 7.09. The molecule has 7 nitrogen and oxygen atoms in total. The van der Waals surface area contributed by atoms with Crippen LogP contribution in [0.5, 0.6) is 0 Å². The van der Waals surface area contributed by atoms with E-state index in [0.717, 1.165) is 24.1 Å². The van der Waals surface area contributed by atoms with E-state index < -0.39 is 23.7 Å². The lowest BCUT2D eigenvalue weighted by atomic mass is 9.46. The molecule has 2 aliphatic carbocycles. The van der Waals surface area contributed by atoms with E-state index in [-0.39, 0.29) is 36.2 Å². The van der Waals surface area contributed by atoms with Gasteiger partial charge in [-0.3, -0.25) is 4.79 Å². The van der Waals surface area contributed by atoms with Gasteiger partial charge in [-0.15, -0.1) is 11.3 Å². The van der Waals surface area contributed by atoms with E-state index in [9.17, 15) is 19.8 Å². The average molecular weight is 467 g/mol. The van der Waals surface area contributed by atoms with Crippen molar-refractivity contribution in [1.82, 2.24) is 10.6 Å². The quantitative estimate of drug-likeness (QED) is 0.469. The van der Waals surface area contributed by atoms with E-state index in [2.05, 4.69) is 17.6 Å². The van der Waals surface area contributed by atoms with Gasteiger partial charge in [0.25, 0.3) is 0 Å². The van der Waals surface area contributed by atoms with Gasteiger partial charge in [0.1, 0.15) is 6.10 Å². The zero-order valence-corrected chi connectivity index (χ0v) is 20.2. The molecule has 2 saturated carbocycles. The number of hydrogen-bond acceptors (Lipinski definition) is 6. The van der Waals surface area contributed by atoms with Crippen LogP contribution in [0.1, 0.15) is 64.2 Å². The first-order chi connectivity index (χ1) is 15.2. The number of nitrogens with one attached hydrogen (secondary N) is 2. The summed E-state index contributed by atoms with van der Waals surface area (Å²) >= 11 is 1.60. The fourth-order valence-electron chi connectivity index (χ4n) is 6.05. The Kier molecular flexibility index (Phi) is 8.22. The number of aliphatic hydroxyl groups is 2. The van der Waals surface area contributed by atoms with Crippen molar-refractivity contribution >= 4 is 23.3 Å². The van der Waals surface area contributed by atoms with Gasteiger partial charge in [-0.2, -0.15) is 0 Å². The smallest absolute Gasteiger partial charge is 0.407 e. The lowest BCUT2D eigenvalue weighted by Crippen LogP contribution is -2.61.